The van der Waals surface area contributed by atoms with Crippen molar-refractivity contribution < 1.29 is 9.13 Å². The van der Waals surface area contributed by atoms with Gasteiger partial charge in [-0.2, -0.15) is 0 Å². The Morgan fingerprint density at radius 2 is 2.13 bits per heavy atom. The van der Waals surface area contributed by atoms with Crippen molar-refractivity contribution in [3.8, 4) is 0 Å². The normalized spacial score (nSPS) is 12.6. The molecule has 0 fully saturated rings. The number of ether oxygens (including phenoxy) is 1. The lowest BCUT2D eigenvalue weighted by Gasteiger charge is -2.08. The van der Waals surface area contributed by atoms with Crippen LogP contribution in [0.15, 0.2) is 42.0 Å². The number of rotatable bonds is 8. The summed E-state index contributed by atoms with van der Waals surface area (Å²) in [6.07, 6.45) is 10.0. The van der Waals surface area contributed by atoms with E-state index >= 15 is 0 Å². The van der Waals surface area contributed by atoms with Gasteiger partial charge in [-0.25, -0.2) is 4.39 Å². The standard InChI is InChI=1S/C20H26FNO/c1-4-5-6-7-16(2)8-10-19-15-17-14-18(21)9-11-20(17)22(19)12-13-23-3/h7-11,14-15H,4-6,12-13H2,1-3H3/b10-8+,16-7-. The minimum Gasteiger partial charge on any atom is -0.383 e. The minimum atomic E-state index is -0.201. The van der Waals surface area contributed by atoms with Gasteiger partial charge in [0.2, 0.25) is 0 Å². The molecule has 0 atom stereocenters. The number of nitrogens with zero attached hydrogens (tertiary/aromatic N) is 1. The number of aromatic nitrogens is 1. The maximum absolute atomic E-state index is 13.5. The van der Waals surface area contributed by atoms with Crippen LogP contribution in [0.5, 0.6) is 0 Å². The highest BCUT2D eigenvalue weighted by atomic mass is 19.1. The van der Waals surface area contributed by atoms with Crippen LogP contribution in [-0.2, 0) is 11.3 Å². The first-order valence-electron chi connectivity index (χ1n) is 8.28. The van der Waals surface area contributed by atoms with Crippen molar-refractivity contribution >= 4 is 17.0 Å². The lowest BCUT2D eigenvalue weighted by Crippen LogP contribution is -2.05. The zero-order valence-corrected chi connectivity index (χ0v) is 14.3. The van der Waals surface area contributed by atoms with Crippen molar-refractivity contribution in [3.05, 3.63) is 53.5 Å². The zero-order valence-electron chi connectivity index (χ0n) is 14.3. The van der Waals surface area contributed by atoms with Crippen LogP contribution >= 0.6 is 0 Å². The van der Waals surface area contributed by atoms with Crippen LogP contribution in [0.1, 0.15) is 38.8 Å². The van der Waals surface area contributed by atoms with Gasteiger partial charge in [0.1, 0.15) is 5.82 Å². The second kappa shape index (κ2) is 8.68. The van der Waals surface area contributed by atoms with E-state index in [1.807, 2.05) is 12.1 Å². The lowest BCUT2D eigenvalue weighted by atomic mass is 10.1. The number of allylic oxidation sites excluding steroid dienone is 3. The molecule has 1 aromatic carbocycles. The van der Waals surface area contributed by atoms with Gasteiger partial charge in [-0.1, -0.05) is 37.5 Å². The van der Waals surface area contributed by atoms with E-state index in [-0.39, 0.29) is 5.82 Å². The van der Waals surface area contributed by atoms with Gasteiger partial charge in [-0.05, 0) is 43.7 Å². The predicted octanol–water partition coefficient (Wildman–Crippen LogP) is 5.58. The molecule has 0 bridgehead atoms. The van der Waals surface area contributed by atoms with Crippen LogP contribution in [0, 0.1) is 5.82 Å². The Labute approximate surface area is 138 Å². The zero-order chi connectivity index (χ0) is 16.7. The van der Waals surface area contributed by atoms with Gasteiger partial charge in [0.15, 0.2) is 0 Å². The molecule has 3 heteroatoms. The van der Waals surface area contributed by atoms with E-state index in [9.17, 15) is 4.39 Å². The molecule has 0 aliphatic rings. The summed E-state index contributed by atoms with van der Waals surface area (Å²) in [7, 11) is 1.70. The maximum atomic E-state index is 13.5. The van der Waals surface area contributed by atoms with Crippen molar-refractivity contribution in [2.45, 2.75) is 39.7 Å². The third kappa shape index (κ3) is 4.80. The summed E-state index contributed by atoms with van der Waals surface area (Å²) in [4.78, 5) is 0. The molecule has 0 spiro atoms. The van der Waals surface area contributed by atoms with E-state index in [0.717, 1.165) is 29.6 Å². The van der Waals surface area contributed by atoms with Crippen LogP contribution in [0.3, 0.4) is 0 Å². The fraction of sp³-hybridized carbons (Fsp3) is 0.400. The molecule has 124 valence electrons. The van der Waals surface area contributed by atoms with Crippen molar-refractivity contribution in [1.29, 1.82) is 0 Å². The molecule has 2 rings (SSSR count). The summed E-state index contributed by atoms with van der Waals surface area (Å²) in [6, 6.07) is 6.96. The Morgan fingerprint density at radius 1 is 1.30 bits per heavy atom. The third-order valence-electron chi connectivity index (χ3n) is 3.96. The van der Waals surface area contributed by atoms with E-state index in [1.165, 1.54) is 24.5 Å². The van der Waals surface area contributed by atoms with E-state index in [4.69, 9.17) is 4.74 Å². The number of hydrogen-bond acceptors (Lipinski definition) is 1. The van der Waals surface area contributed by atoms with Crippen LogP contribution in [0.25, 0.3) is 17.0 Å². The Bertz CT molecular complexity index is 697. The van der Waals surface area contributed by atoms with Crippen LogP contribution in [-0.4, -0.2) is 18.3 Å². The van der Waals surface area contributed by atoms with Gasteiger partial charge >= 0.3 is 0 Å². The fourth-order valence-corrected chi connectivity index (χ4v) is 2.65. The third-order valence-corrected chi connectivity index (χ3v) is 3.96. The first-order valence-corrected chi connectivity index (χ1v) is 8.28. The molecular formula is C20H26FNO. The fourth-order valence-electron chi connectivity index (χ4n) is 2.65. The maximum Gasteiger partial charge on any atom is 0.123 e. The Balaban J connectivity index is 2.29. The van der Waals surface area contributed by atoms with E-state index in [2.05, 4.69) is 36.6 Å². The summed E-state index contributed by atoms with van der Waals surface area (Å²) in [5, 5.41) is 0.924. The van der Waals surface area contributed by atoms with Crippen molar-refractivity contribution in [3.63, 3.8) is 0 Å². The summed E-state index contributed by atoms with van der Waals surface area (Å²) >= 11 is 0. The first kappa shape index (κ1) is 17.5. The molecule has 1 aromatic heterocycles. The lowest BCUT2D eigenvalue weighted by molar-refractivity contribution is 0.188. The van der Waals surface area contributed by atoms with E-state index in [0.29, 0.717) is 6.61 Å². The van der Waals surface area contributed by atoms with Gasteiger partial charge in [-0.15, -0.1) is 0 Å². The second-order valence-electron chi connectivity index (χ2n) is 5.84. The second-order valence-corrected chi connectivity index (χ2v) is 5.84. The molecule has 0 saturated carbocycles. The van der Waals surface area contributed by atoms with Gasteiger partial charge in [-0.3, -0.25) is 0 Å². The molecule has 0 aliphatic carbocycles. The quantitative estimate of drug-likeness (QED) is 0.458. The van der Waals surface area contributed by atoms with Crippen LogP contribution in [0.2, 0.25) is 0 Å². The Kier molecular flexibility index (Phi) is 6.60. The molecule has 2 nitrogen and oxygen atoms in total. The Morgan fingerprint density at radius 3 is 2.87 bits per heavy atom. The summed E-state index contributed by atoms with van der Waals surface area (Å²) in [5.41, 5.74) is 3.37. The first-order chi connectivity index (χ1) is 11.2. The SMILES string of the molecule is CCCC/C=C(C)\C=C\c1cc2cc(F)ccc2n1CCOC. The number of unbranched alkanes of at least 4 members (excludes halogenated alkanes) is 2. The summed E-state index contributed by atoms with van der Waals surface area (Å²) in [5.74, 6) is -0.201. The molecule has 2 aromatic rings. The van der Waals surface area contributed by atoms with Crippen LogP contribution < -0.4 is 0 Å². The molecule has 0 amide bonds. The topological polar surface area (TPSA) is 14.2 Å². The highest BCUT2D eigenvalue weighted by Crippen LogP contribution is 2.22. The molecule has 0 N–H and O–H groups in total. The number of benzene rings is 1. The summed E-state index contributed by atoms with van der Waals surface area (Å²) < 4.78 is 20.8. The molecule has 0 aliphatic heterocycles. The monoisotopic (exact) mass is 315 g/mol. The van der Waals surface area contributed by atoms with Crippen LogP contribution in [0.4, 0.5) is 4.39 Å². The van der Waals surface area contributed by atoms with Gasteiger partial charge in [0.05, 0.1) is 6.61 Å². The molecule has 1 heterocycles. The van der Waals surface area contributed by atoms with E-state index in [1.54, 1.807) is 13.2 Å². The molecule has 0 unspecified atom stereocenters. The average Bonchev–Trinajstić information content (AvgIpc) is 2.87. The van der Waals surface area contributed by atoms with Gasteiger partial charge in [0, 0.05) is 30.3 Å². The number of methoxy groups -OCH3 is 1. The molecule has 0 radical (unpaired) electrons. The molecule has 23 heavy (non-hydrogen) atoms. The molecular weight excluding hydrogens is 289 g/mol. The number of fused-ring (bicyclic) bond motifs is 1. The molecule has 0 saturated heterocycles. The Hall–Kier alpha value is -1.87. The van der Waals surface area contributed by atoms with Crippen molar-refractivity contribution in [2.75, 3.05) is 13.7 Å². The average molecular weight is 315 g/mol. The highest BCUT2D eigenvalue weighted by Gasteiger charge is 2.07. The number of hydrogen-bond donors (Lipinski definition) is 0. The predicted molar refractivity (Wildman–Crippen MR) is 96.1 cm³/mol. The van der Waals surface area contributed by atoms with Crippen molar-refractivity contribution in [1.82, 2.24) is 4.57 Å². The minimum absolute atomic E-state index is 0.201. The van der Waals surface area contributed by atoms with Gasteiger partial charge in [0.25, 0.3) is 0 Å². The smallest absolute Gasteiger partial charge is 0.123 e. The largest absolute Gasteiger partial charge is 0.383 e. The summed E-state index contributed by atoms with van der Waals surface area (Å²) in [6.45, 7) is 5.71. The number of halogens is 1. The van der Waals surface area contributed by atoms with Gasteiger partial charge < -0.3 is 9.30 Å². The van der Waals surface area contributed by atoms with E-state index < -0.39 is 0 Å². The highest BCUT2D eigenvalue weighted by molar-refractivity contribution is 5.84. The van der Waals surface area contributed by atoms with Crippen molar-refractivity contribution in [2.24, 2.45) is 0 Å².